The number of hydrogen-bond donors (Lipinski definition) is 2. The Kier molecular flexibility index (Phi) is 8.26. The van der Waals surface area contributed by atoms with E-state index >= 15 is 0 Å². The maximum absolute atomic E-state index is 9.65. The van der Waals surface area contributed by atoms with Crippen molar-refractivity contribution < 1.29 is 9.84 Å². The molecule has 2 N–H and O–H groups in total. The molecule has 0 aliphatic rings. The lowest BCUT2D eigenvalue weighted by Gasteiger charge is -2.11. The summed E-state index contributed by atoms with van der Waals surface area (Å²) in [5, 5.41) is 14.9. The highest BCUT2D eigenvalue weighted by atomic mass is 32.1. The van der Waals surface area contributed by atoms with Gasteiger partial charge in [0.2, 0.25) is 0 Å². The maximum Gasteiger partial charge on any atom is 0.0897 e. The van der Waals surface area contributed by atoms with Gasteiger partial charge in [-0.3, -0.25) is 0 Å². The first-order valence-electron chi connectivity index (χ1n) is 6.31. The lowest BCUT2D eigenvalue weighted by molar-refractivity contribution is 0.0299. The molecule has 4 heteroatoms. The molecule has 0 spiro atoms. The fraction of sp³-hybridized carbons (Fsp3) is 0.692. The van der Waals surface area contributed by atoms with Crippen LogP contribution in [0, 0.1) is 0 Å². The van der Waals surface area contributed by atoms with E-state index in [9.17, 15) is 5.11 Å². The predicted molar refractivity (Wildman–Crippen MR) is 72.4 cm³/mol. The first kappa shape index (κ1) is 14.6. The number of hydrogen-bond acceptors (Lipinski definition) is 4. The van der Waals surface area contributed by atoms with Crippen molar-refractivity contribution in [3.05, 3.63) is 22.4 Å². The largest absolute Gasteiger partial charge is 0.389 e. The monoisotopic (exact) mass is 257 g/mol. The zero-order chi connectivity index (χ0) is 12.3. The van der Waals surface area contributed by atoms with Crippen LogP contribution in [0.3, 0.4) is 0 Å². The molecule has 0 bridgehead atoms. The summed E-state index contributed by atoms with van der Waals surface area (Å²) in [5.41, 5.74) is 0. The van der Waals surface area contributed by atoms with E-state index in [2.05, 4.69) is 12.2 Å². The second kappa shape index (κ2) is 9.59. The third-order valence-electron chi connectivity index (χ3n) is 2.47. The van der Waals surface area contributed by atoms with E-state index < -0.39 is 6.10 Å². The van der Waals surface area contributed by atoms with E-state index in [1.54, 1.807) is 11.3 Å². The molecule has 1 aromatic rings. The second-order valence-corrected chi connectivity index (χ2v) is 5.19. The van der Waals surface area contributed by atoms with Crippen molar-refractivity contribution >= 4 is 11.3 Å². The molecule has 0 aromatic carbocycles. The van der Waals surface area contributed by atoms with Crippen LogP contribution in [0.5, 0.6) is 0 Å². The van der Waals surface area contributed by atoms with Gasteiger partial charge in [0.05, 0.1) is 19.3 Å². The Bertz CT molecular complexity index is 264. The maximum atomic E-state index is 9.65. The van der Waals surface area contributed by atoms with Crippen LogP contribution in [0.25, 0.3) is 0 Å². The average Bonchev–Trinajstić information content (AvgIpc) is 2.82. The fourth-order valence-electron chi connectivity index (χ4n) is 1.52. The van der Waals surface area contributed by atoms with Crippen LogP contribution in [0.1, 0.15) is 31.1 Å². The van der Waals surface area contributed by atoms with E-state index in [-0.39, 0.29) is 0 Å². The molecule has 3 nitrogen and oxygen atoms in total. The lowest BCUT2D eigenvalue weighted by atomic mass is 10.2. The van der Waals surface area contributed by atoms with Crippen molar-refractivity contribution in [3.63, 3.8) is 0 Å². The SMILES string of the molecule is CCCCCNCC(O)COCc1cccs1. The minimum atomic E-state index is -0.406. The van der Waals surface area contributed by atoms with Crippen molar-refractivity contribution in [3.8, 4) is 0 Å². The van der Waals surface area contributed by atoms with E-state index in [0.29, 0.717) is 19.8 Å². The molecule has 0 saturated carbocycles. The summed E-state index contributed by atoms with van der Waals surface area (Å²) in [6.07, 6.45) is 3.25. The minimum Gasteiger partial charge on any atom is -0.389 e. The molecule has 0 aliphatic carbocycles. The van der Waals surface area contributed by atoms with Crippen LogP contribution in [0.15, 0.2) is 17.5 Å². The Morgan fingerprint density at radius 1 is 1.47 bits per heavy atom. The Morgan fingerprint density at radius 2 is 2.35 bits per heavy atom. The Balaban J connectivity index is 1.92. The second-order valence-electron chi connectivity index (χ2n) is 4.16. The van der Waals surface area contributed by atoms with E-state index in [1.165, 1.54) is 24.1 Å². The quantitative estimate of drug-likeness (QED) is 0.632. The molecule has 1 rings (SSSR count). The van der Waals surface area contributed by atoms with Gasteiger partial charge < -0.3 is 15.2 Å². The average molecular weight is 257 g/mol. The van der Waals surface area contributed by atoms with Gasteiger partial charge in [-0.25, -0.2) is 0 Å². The summed E-state index contributed by atoms with van der Waals surface area (Å²) < 4.78 is 5.44. The lowest BCUT2D eigenvalue weighted by Crippen LogP contribution is -2.30. The van der Waals surface area contributed by atoms with Crippen molar-refractivity contribution in [2.45, 2.75) is 38.9 Å². The smallest absolute Gasteiger partial charge is 0.0897 e. The summed E-state index contributed by atoms with van der Waals surface area (Å²) in [5.74, 6) is 0. The highest BCUT2D eigenvalue weighted by molar-refractivity contribution is 7.09. The van der Waals surface area contributed by atoms with Crippen molar-refractivity contribution in [1.82, 2.24) is 5.32 Å². The van der Waals surface area contributed by atoms with Crippen molar-refractivity contribution in [2.75, 3.05) is 19.7 Å². The highest BCUT2D eigenvalue weighted by Crippen LogP contribution is 2.09. The topological polar surface area (TPSA) is 41.5 Å². The van der Waals surface area contributed by atoms with Crippen LogP contribution in [0.2, 0.25) is 0 Å². The number of thiophene rings is 1. The van der Waals surface area contributed by atoms with Crippen LogP contribution in [-0.2, 0) is 11.3 Å². The Labute approximate surface area is 108 Å². The van der Waals surface area contributed by atoms with E-state index in [0.717, 1.165) is 6.54 Å². The number of aliphatic hydroxyl groups is 1. The summed E-state index contributed by atoms with van der Waals surface area (Å²) in [7, 11) is 0. The first-order valence-corrected chi connectivity index (χ1v) is 7.19. The summed E-state index contributed by atoms with van der Waals surface area (Å²) in [4.78, 5) is 1.20. The fourth-order valence-corrected chi connectivity index (χ4v) is 2.16. The summed E-state index contributed by atoms with van der Waals surface area (Å²) in [6, 6.07) is 4.05. The standard InChI is InChI=1S/C13H23NO2S/c1-2-3-4-7-14-9-12(15)10-16-11-13-6-5-8-17-13/h5-6,8,12,14-15H,2-4,7,9-11H2,1H3. The molecule has 17 heavy (non-hydrogen) atoms. The molecule has 0 radical (unpaired) electrons. The third-order valence-corrected chi connectivity index (χ3v) is 3.32. The molecule has 0 aliphatic heterocycles. The molecule has 1 aromatic heterocycles. The van der Waals surface area contributed by atoms with Gasteiger partial charge in [-0.2, -0.15) is 0 Å². The molecule has 98 valence electrons. The molecule has 0 saturated heterocycles. The van der Waals surface area contributed by atoms with E-state index in [1.807, 2.05) is 17.5 Å². The van der Waals surface area contributed by atoms with Gasteiger partial charge in [0.1, 0.15) is 0 Å². The van der Waals surface area contributed by atoms with Gasteiger partial charge in [-0.05, 0) is 24.4 Å². The first-order chi connectivity index (χ1) is 8.33. The van der Waals surface area contributed by atoms with Crippen molar-refractivity contribution in [2.24, 2.45) is 0 Å². The predicted octanol–water partition coefficient (Wildman–Crippen LogP) is 2.41. The number of aliphatic hydroxyl groups excluding tert-OH is 1. The van der Waals surface area contributed by atoms with Gasteiger partial charge >= 0.3 is 0 Å². The molecular weight excluding hydrogens is 234 g/mol. The molecule has 0 amide bonds. The van der Waals surface area contributed by atoms with Crippen LogP contribution in [-0.4, -0.2) is 30.9 Å². The zero-order valence-corrected chi connectivity index (χ0v) is 11.3. The zero-order valence-electron chi connectivity index (χ0n) is 10.5. The van der Waals surface area contributed by atoms with Crippen molar-refractivity contribution in [1.29, 1.82) is 0 Å². The summed E-state index contributed by atoms with van der Waals surface area (Å²) in [6.45, 7) is 4.79. The Morgan fingerprint density at radius 3 is 3.06 bits per heavy atom. The van der Waals surface area contributed by atoms with Gasteiger partial charge in [0.25, 0.3) is 0 Å². The van der Waals surface area contributed by atoms with Gasteiger partial charge in [0.15, 0.2) is 0 Å². The van der Waals surface area contributed by atoms with Gasteiger partial charge in [0, 0.05) is 11.4 Å². The molecule has 1 atom stereocenters. The number of ether oxygens (including phenoxy) is 1. The summed E-state index contributed by atoms with van der Waals surface area (Å²) >= 11 is 1.68. The van der Waals surface area contributed by atoms with E-state index in [4.69, 9.17) is 4.74 Å². The van der Waals surface area contributed by atoms with Gasteiger partial charge in [-0.15, -0.1) is 11.3 Å². The number of rotatable bonds is 10. The number of unbranched alkanes of at least 4 members (excludes halogenated alkanes) is 2. The molecule has 1 unspecified atom stereocenters. The van der Waals surface area contributed by atoms with Crippen LogP contribution in [0.4, 0.5) is 0 Å². The minimum absolute atomic E-state index is 0.401. The number of nitrogens with one attached hydrogen (secondary N) is 1. The Hall–Kier alpha value is -0.420. The molecular formula is C13H23NO2S. The highest BCUT2D eigenvalue weighted by Gasteiger charge is 2.03. The normalized spacial score (nSPS) is 12.8. The van der Waals surface area contributed by atoms with Crippen LogP contribution >= 0.6 is 11.3 Å². The van der Waals surface area contributed by atoms with Crippen LogP contribution < -0.4 is 5.32 Å². The molecule has 1 heterocycles. The third kappa shape index (κ3) is 7.49. The van der Waals surface area contributed by atoms with Gasteiger partial charge in [-0.1, -0.05) is 25.8 Å². The molecule has 0 fully saturated rings.